The summed E-state index contributed by atoms with van der Waals surface area (Å²) in [7, 11) is 4.68. The second-order valence-corrected chi connectivity index (χ2v) is 4.43. The number of aromatic nitrogens is 1. The first kappa shape index (κ1) is 15.6. The maximum atomic E-state index is 12.1. The second kappa shape index (κ2) is 7.31. The van der Waals surface area contributed by atoms with Crippen LogP contribution in [0.15, 0.2) is 36.7 Å². The Balaban J connectivity index is 2.20. The van der Waals surface area contributed by atoms with Crippen molar-refractivity contribution in [2.75, 3.05) is 21.3 Å². The fraction of sp³-hybridized carbons (Fsp3) is 0.250. The molecule has 1 aromatic carbocycles. The largest absolute Gasteiger partial charge is 0.496 e. The average molecular weight is 302 g/mol. The Kier molecular flexibility index (Phi) is 5.19. The molecule has 0 unspecified atom stereocenters. The van der Waals surface area contributed by atoms with Gasteiger partial charge in [-0.2, -0.15) is 0 Å². The molecule has 0 bridgehead atoms. The van der Waals surface area contributed by atoms with Gasteiger partial charge < -0.3 is 19.5 Å². The summed E-state index contributed by atoms with van der Waals surface area (Å²) in [4.78, 5) is 16.0. The van der Waals surface area contributed by atoms with Crippen molar-refractivity contribution in [1.82, 2.24) is 10.3 Å². The highest BCUT2D eigenvalue weighted by Crippen LogP contribution is 2.33. The van der Waals surface area contributed by atoms with Crippen molar-refractivity contribution >= 4 is 5.91 Å². The number of rotatable bonds is 6. The summed E-state index contributed by atoms with van der Waals surface area (Å²) in [6.45, 7) is 0.275. The van der Waals surface area contributed by atoms with E-state index in [2.05, 4.69) is 10.3 Å². The average Bonchev–Trinajstić information content (AvgIpc) is 2.59. The van der Waals surface area contributed by atoms with Crippen LogP contribution >= 0.6 is 0 Å². The number of hydrogen-bond donors (Lipinski definition) is 1. The lowest BCUT2D eigenvalue weighted by molar-refractivity contribution is 0.0950. The number of carbonyl (C=O) groups excluding carboxylic acids is 1. The molecule has 2 aromatic rings. The minimum Gasteiger partial charge on any atom is -0.496 e. The maximum Gasteiger partial charge on any atom is 0.251 e. The SMILES string of the molecule is COc1cc(OC)c(CNC(=O)c2ccncc2)c(OC)c1. The summed E-state index contributed by atoms with van der Waals surface area (Å²) in [5.74, 6) is 1.61. The van der Waals surface area contributed by atoms with Crippen LogP contribution in [0.3, 0.4) is 0 Å². The number of methoxy groups -OCH3 is 3. The lowest BCUT2D eigenvalue weighted by Crippen LogP contribution is -2.23. The van der Waals surface area contributed by atoms with E-state index >= 15 is 0 Å². The Labute approximate surface area is 129 Å². The van der Waals surface area contributed by atoms with Crippen LogP contribution in [-0.4, -0.2) is 32.2 Å². The number of pyridine rings is 1. The molecule has 1 N–H and O–H groups in total. The summed E-state index contributed by atoms with van der Waals surface area (Å²) in [6.07, 6.45) is 3.15. The zero-order valence-corrected chi connectivity index (χ0v) is 12.8. The molecule has 116 valence electrons. The Bertz CT molecular complexity index is 619. The van der Waals surface area contributed by atoms with Gasteiger partial charge >= 0.3 is 0 Å². The molecule has 0 radical (unpaired) electrons. The third-order valence-electron chi connectivity index (χ3n) is 3.19. The van der Waals surface area contributed by atoms with Gasteiger partial charge in [0.25, 0.3) is 5.91 Å². The Morgan fingerprint density at radius 2 is 1.64 bits per heavy atom. The Hall–Kier alpha value is -2.76. The van der Waals surface area contributed by atoms with Crippen molar-refractivity contribution < 1.29 is 19.0 Å². The fourth-order valence-corrected chi connectivity index (χ4v) is 2.03. The Morgan fingerprint density at radius 1 is 1.05 bits per heavy atom. The lowest BCUT2D eigenvalue weighted by Gasteiger charge is -2.15. The van der Waals surface area contributed by atoms with Gasteiger partial charge in [-0.3, -0.25) is 9.78 Å². The molecule has 22 heavy (non-hydrogen) atoms. The number of hydrogen-bond acceptors (Lipinski definition) is 5. The van der Waals surface area contributed by atoms with E-state index in [0.717, 1.165) is 5.56 Å². The molecule has 0 spiro atoms. The summed E-state index contributed by atoms with van der Waals surface area (Å²) in [5, 5.41) is 2.83. The van der Waals surface area contributed by atoms with Crippen molar-refractivity contribution in [3.63, 3.8) is 0 Å². The van der Waals surface area contributed by atoms with E-state index in [-0.39, 0.29) is 12.5 Å². The molecule has 1 heterocycles. The fourth-order valence-electron chi connectivity index (χ4n) is 2.03. The number of nitrogens with one attached hydrogen (secondary N) is 1. The topological polar surface area (TPSA) is 69.7 Å². The molecule has 0 fully saturated rings. The smallest absolute Gasteiger partial charge is 0.251 e. The van der Waals surface area contributed by atoms with Crippen LogP contribution < -0.4 is 19.5 Å². The van der Waals surface area contributed by atoms with Crippen LogP contribution in [0, 0.1) is 0 Å². The van der Waals surface area contributed by atoms with Crippen LogP contribution in [0.5, 0.6) is 17.2 Å². The number of amides is 1. The van der Waals surface area contributed by atoms with Crippen molar-refractivity contribution in [3.8, 4) is 17.2 Å². The minimum absolute atomic E-state index is 0.192. The summed E-state index contributed by atoms with van der Waals surface area (Å²) >= 11 is 0. The molecule has 0 aliphatic rings. The molecule has 6 heteroatoms. The number of nitrogens with zero attached hydrogens (tertiary/aromatic N) is 1. The van der Waals surface area contributed by atoms with Gasteiger partial charge in [0, 0.05) is 30.1 Å². The monoisotopic (exact) mass is 302 g/mol. The van der Waals surface area contributed by atoms with Gasteiger partial charge in [0.1, 0.15) is 17.2 Å². The van der Waals surface area contributed by atoms with Gasteiger partial charge in [0.05, 0.1) is 33.4 Å². The zero-order chi connectivity index (χ0) is 15.9. The van der Waals surface area contributed by atoms with E-state index in [9.17, 15) is 4.79 Å². The molecular weight excluding hydrogens is 284 g/mol. The highest BCUT2D eigenvalue weighted by atomic mass is 16.5. The molecule has 2 rings (SSSR count). The molecular formula is C16H18N2O4. The third kappa shape index (κ3) is 3.46. The molecule has 1 aromatic heterocycles. The predicted molar refractivity (Wildman–Crippen MR) is 81.5 cm³/mol. The quantitative estimate of drug-likeness (QED) is 0.884. The van der Waals surface area contributed by atoms with Gasteiger partial charge in [0.2, 0.25) is 0 Å². The molecule has 0 atom stereocenters. The molecule has 0 saturated heterocycles. The van der Waals surface area contributed by atoms with E-state index in [1.165, 1.54) is 0 Å². The normalized spacial score (nSPS) is 9.95. The standard InChI is InChI=1S/C16H18N2O4/c1-20-12-8-14(21-2)13(15(9-12)22-3)10-18-16(19)11-4-6-17-7-5-11/h4-9H,10H2,1-3H3,(H,18,19). The van der Waals surface area contributed by atoms with E-state index in [1.807, 2.05) is 0 Å². The number of carbonyl (C=O) groups is 1. The van der Waals surface area contributed by atoms with Gasteiger partial charge in [0.15, 0.2) is 0 Å². The lowest BCUT2D eigenvalue weighted by atomic mass is 10.1. The van der Waals surface area contributed by atoms with Crippen LogP contribution in [0.4, 0.5) is 0 Å². The van der Waals surface area contributed by atoms with Crippen molar-refractivity contribution in [3.05, 3.63) is 47.8 Å². The highest BCUT2D eigenvalue weighted by Gasteiger charge is 2.14. The van der Waals surface area contributed by atoms with Crippen molar-refractivity contribution in [2.24, 2.45) is 0 Å². The Morgan fingerprint density at radius 3 is 2.14 bits per heavy atom. The van der Waals surface area contributed by atoms with Crippen molar-refractivity contribution in [2.45, 2.75) is 6.54 Å². The first-order chi connectivity index (χ1) is 10.7. The van der Waals surface area contributed by atoms with Gasteiger partial charge in [-0.15, -0.1) is 0 Å². The maximum absolute atomic E-state index is 12.1. The van der Waals surface area contributed by atoms with Gasteiger partial charge in [-0.1, -0.05) is 0 Å². The molecule has 6 nitrogen and oxygen atoms in total. The number of ether oxygens (including phenoxy) is 3. The van der Waals surface area contributed by atoms with E-state index in [4.69, 9.17) is 14.2 Å². The predicted octanol–water partition coefficient (Wildman–Crippen LogP) is 2.04. The van der Waals surface area contributed by atoms with Crippen LogP contribution in [0.2, 0.25) is 0 Å². The molecule has 0 aliphatic heterocycles. The molecule has 0 aliphatic carbocycles. The van der Waals surface area contributed by atoms with Crippen LogP contribution in [0.25, 0.3) is 0 Å². The van der Waals surface area contributed by atoms with E-state index in [1.54, 1.807) is 58.0 Å². The van der Waals surface area contributed by atoms with Gasteiger partial charge in [-0.05, 0) is 12.1 Å². The first-order valence-electron chi connectivity index (χ1n) is 6.66. The molecule has 0 saturated carbocycles. The van der Waals surface area contributed by atoms with Crippen LogP contribution in [0.1, 0.15) is 15.9 Å². The second-order valence-electron chi connectivity index (χ2n) is 4.43. The molecule has 1 amide bonds. The third-order valence-corrected chi connectivity index (χ3v) is 3.19. The first-order valence-corrected chi connectivity index (χ1v) is 6.66. The summed E-state index contributed by atoms with van der Waals surface area (Å²) in [5.41, 5.74) is 1.29. The number of benzene rings is 1. The van der Waals surface area contributed by atoms with E-state index in [0.29, 0.717) is 22.8 Å². The zero-order valence-electron chi connectivity index (χ0n) is 12.8. The van der Waals surface area contributed by atoms with Gasteiger partial charge in [-0.25, -0.2) is 0 Å². The van der Waals surface area contributed by atoms with Crippen molar-refractivity contribution in [1.29, 1.82) is 0 Å². The summed E-state index contributed by atoms with van der Waals surface area (Å²) in [6, 6.07) is 6.79. The summed E-state index contributed by atoms with van der Waals surface area (Å²) < 4.78 is 15.9. The highest BCUT2D eigenvalue weighted by molar-refractivity contribution is 5.94. The van der Waals surface area contributed by atoms with Crippen LogP contribution in [-0.2, 0) is 6.54 Å². The minimum atomic E-state index is -0.192. The van der Waals surface area contributed by atoms with E-state index < -0.39 is 0 Å².